The molecule has 134 valence electrons. The van der Waals surface area contributed by atoms with E-state index in [0.717, 1.165) is 4.31 Å². The SMILES string of the molecule is CN(C)S(=O)(=O)c1ccc(NC(=O)COc2c(Cl)cccc2Cl)cc1. The van der Waals surface area contributed by atoms with Gasteiger partial charge < -0.3 is 10.1 Å². The molecule has 0 fully saturated rings. The number of carbonyl (C=O) groups excluding carboxylic acids is 1. The Hall–Kier alpha value is -1.80. The predicted octanol–water partition coefficient (Wildman–Crippen LogP) is 3.26. The molecule has 1 amide bonds. The molecule has 0 aliphatic rings. The van der Waals surface area contributed by atoms with Crippen molar-refractivity contribution in [2.45, 2.75) is 4.90 Å². The number of rotatable bonds is 6. The van der Waals surface area contributed by atoms with Crippen LogP contribution in [0.15, 0.2) is 47.4 Å². The quantitative estimate of drug-likeness (QED) is 0.804. The van der Waals surface area contributed by atoms with E-state index in [0.29, 0.717) is 15.7 Å². The van der Waals surface area contributed by atoms with Gasteiger partial charge in [0.2, 0.25) is 10.0 Å². The molecule has 0 atom stereocenters. The van der Waals surface area contributed by atoms with Crippen molar-refractivity contribution in [1.29, 1.82) is 0 Å². The summed E-state index contributed by atoms with van der Waals surface area (Å²) in [4.78, 5) is 12.1. The molecule has 6 nitrogen and oxygen atoms in total. The van der Waals surface area contributed by atoms with Crippen LogP contribution in [0.4, 0.5) is 5.69 Å². The largest absolute Gasteiger partial charge is 0.481 e. The van der Waals surface area contributed by atoms with Crippen molar-refractivity contribution in [2.24, 2.45) is 0 Å². The molecule has 0 aliphatic heterocycles. The second-order valence-corrected chi connectivity index (χ2v) is 8.17. The molecule has 0 radical (unpaired) electrons. The Morgan fingerprint density at radius 1 is 1.08 bits per heavy atom. The lowest BCUT2D eigenvalue weighted by Crippen LogP contribution is -2.22. The molecule has 0 saturated heterocycles. The molecule has 0 unspecified atom stereocenters. The zero-order valence-electron chi connectivity index (χ0n) is 13.5. The van der Waals surface area contributed by atoms with Gasteiger partial charge in [-0.15, -0.1) is 0 Å². The first-order valence-electron chi connectivity index (χ1n) is 7.11. The summed E-state index contributed by atoms with van der Waals surface area (Å²) >= 11 is 11.9. The average Bonchev–Trinajstić information content (AvgIpc) is 2.54. The van der Waals surface area contributed by atoms with Crippen molar-refractivity contribution in [3.8, 4) is 5.75 Å². The fraction of sp³-hybridized carbons (Fsp3) is 0.188. The van der Waals surface area contributed by atoms with Crippen LogP contribution in [0.5, 0.6) is 5.75 Å². The lowest BCUT2D eigenvalue weighted by Gasteiger charge is -2.12. The van der Waals surface area contributed by atoms with Gasteiger partial charge in [-0.1, -0.05) is 29.3 Å². The van der Waals surface area contributed by atoms with Gasteiger partial charge in [0, 0.05) is 19.8 Å². The van der Waals surface area contributed by atoms with Crippen molar-refractivity contribution in [3.05, 3.63) is 52.5 Å². The molecule has 9 heteroatoms. The molecule has 0 aliphatic carbocycles. The number of anilines is 1. The zero-order valence-corrected chi connectivity index (χ0v) is 15.8. The molecular weight excluding hydrogens is 387 g/mol. The molecule has 1 N–H and O–H groups in total. The summed E-state index contributed by atoms with van der Waals surface area (Å²) in [5.41, 5.74) is 0.441. The van der Waals surface area contributed by atoms with Crippen molar-refractivity contribution in [1.82, 2.24) is 4.31 Å². The lowest BCUT2D eigenvalue weighted by molar-refractivity contribution is -0.118. The van der Waals surface area contributed by atoms with E-state index in [4.69, 9.17) is 27.9 Å². The third-order valence-corrected chi connectivity index (χ3v) is 5.61. The van der Waals surface area contributed by atoms with Crippen molar-refractivity contribution in [3.63, 3.8) is 0 Å². The monoisotopic (exact) mass is 402 g/mol. The Labute approximate surface area is 156 Å². The first kappa shape index (κ1) is 19.5. The number of benzene rings is 2. The summed E-state index contributed by atoms with van der Waals surface area (Å²) in [5, 5.41) is 3.21. The van der Waals surface area contributed by atoms with Gasteiger partial charge in [0.15, 0.2) is 12.4 Å². The van der Waals surface area contributed by atoms with Gasteiger partial charge in [0.1, 0.15) is 0 Å². The molecule has 0 saturated carbocycles. The molecule has 25 heavy (non-hydrogen) atoms. The van der Waals surface area contributed by atoms with Crippen LogP contribution >= 0.6 is 23.2 Å². The van der Waals surface area contributed by atoms with E-state index >= 15 is 0 Å². The van der Waals surface area contributed by atoms with E-state index in [1.807, 2.05) is 0 Å². The van der Waals surface area contributed by atoms with E-state index < -0.39 is 15.9 Å². The molecule has 0 heterocycles. The molecule has 2 rings (SSSR count). The van der Waals surface area contributed by atoms with Gasteiger partial charge in [-0.3, -0.25) is 4.79 Å². The van der Waals surface area contributed by atoms with Crippen LogP contribution in [-0.2, 0) is 14.8 Å². The number of ether oxygens (including phenoxy) is 1. The Bertz CT molecular complexity index is 848. The molecular formula is C16H16Cl2N2O4S. The fourth-order valence-corrected chi connectivity index (χ4v) is 3.28. The molecule has 0 spiro atoms. The van der Waals surface area contributed by atoms with Crippen LogP contribution in [0.2, 0.25) is 10.0 Å². The lowest BCUT2D eigenvalue weighted by atomic mass is 10.3. The summed E-state index contributed by atoms with van der Waals surface area (Å²) in [6.45, 7) is -0.290. The highest BCUT2D eigenvalue weighted by molar-refractivity contribution is 7.89. The van der Waals surface area contributed by atoms with Crippen molar-refractivity contribution >= 4 is 44.8 Å². The van der Waals surface area contributed by atoms with E-state index in [2.05, 4.69) is 5.32 Å². The van der Waals surface area contributed by atoms with Gasteiger partial charge in [0.05, 0.1) is 14.9 Å². The minimum absolute atomic E-state index is 0.134. The first-order valence-corrected chi connectivity index (χ1v) is 9.30. The molecule has 0 aromatic heterocycles. The smallest absolute Gasteiger partial charge is 0.262 e. The van der Waals surface area contributed by atoms with Crippen LogP contribution in [0.3, 0.4) is 0 Å². The number of hydrogen-bond donors (Lipinski definition) is 1. The highest BCUT2D eigenvalue weighted by atomic mass is 35.5. The van der Waals surface area contributed by atoms with Gasteiger partial charge in [-0.25, -0.2) is 12.7 Å². The van der Waals surface area contributed by atoms with E-state index in [1.165, 1.54) is 38.4 Å². The topological polar surface area (TPSA) is 75.7 Å². The zero-order chi connectivity index (χ0) is 18.6. The van der Waals surface area contributed by atoms with Crippen LogP contribution < -0.4 is 10.1 Å². The normalized spacial score (nSPS) is 11.4. The minimum Gasteiger partial charge on any atom is -0.481 e. The summed E-state index contributed by atoms with van der Waals surface area (Å²) in [6, 6.07) is 10.7. The van der Waals surface area contributed by atoms with E-state index in [-0.39, 0.29) is 17.3 Å². The van der Waals surface area contributed by atoms with E-state index in [1.54, 1.807) is 18.2 Å². The van der Waals surface area contributed by atoms with Crippen LogP contribution in [0.25, 0.3) is 0 Å². The van der Waals surface area contributed by atoms with Crippen LogP contribution in [-0.4, -0.2) is 39.3 Å². The third kappa shape index (κ3) is 4.85. The molecule has 2 aromatic rings. The maximum Gasteiger partial charge on any atom is 0.262 e. The first-order chi connectivity index (χ1) is 11.7. The van der Waals surface area contributed by atoms with Gasteiger partial charge in [-0.2, -0.15) is 0 Å². The summed E-state index contributed by atoms with van der Waals surface area (Å²) in [5.74, 6) is -0.201. The number of halogens is 2. The molecule has 2 aromatic carbocycles. The highest BCUT2D eigenvalue weighted by Crippen LogP contribution is 2.32. The fourth-order valence-electron chi connectivity index (χ4n) is 1.88. The maximum absolute atomic E-state index is 12.0. The van der Waals surface area contributed by atoms with Gasteiger partial charge in [0.25, 0.3) is 5.91 Å². The number of sulfonamides is 1. The summed E-state index contributed by atoms with van der Waals surface area (Å²) in [6.07, 6.45) is 0. The van der Waals surface area contributed by atoms with Crippen molar-refractivity contribution < 1.29 is 17.9 Å². The number of carbonyl (C=O) groups is 1. The van der Waals surface area contributed by atoms with E-state index in [9.17, 15) is 13.2 Å². The Kier molecular flexibility index (Phi) is 6.29. The number of hydrogen-bond acceptors (Lipinski definition) is 4. The highest BCUT2D eigenvalue weighted by Gasteiger charge is 2.17. The number of nitrogens with zero attached hydrogens (tertiary/aromatic N) is 1. The second-order valence-electron chi connectivity index (χ2n) is 5.20. The Balaban J connectivity index is 1.99. The van der Waals surface area contributed by atoms with Crippen molar-refractivity contribution in [2.75, 3.05) is 26.0 Å². The maximum atomic E-state index is 12.0. The number of amides is 1. The van der Waals surface area contributed by atoms with Gasteiger partial charge >= 0.3 is 0 Å². The molecule has 0 bridgehead atoms. The Morgan fingerprint density at radius 2 is 1.64 bits per heavy atom. The summed E-state index contributed by atoms with van der Waals surface area (Å²) < 4.78 is 30.4. The second kappa shape index (κ2) is 8.05. The Morgan fingerprint density at radius 3 is 2.16 bits per heavy atom. The van der Waals surface area contributed by atoms with Crippen LogP contribution in [0, 0.1) is 0 Å². The summed E-state index contributed by atoms with van der Waals surface area (Å²) in [7, 11) is -0.618. The minimum atomic E-state index is -3.51. The number of para-hydroxylation sites is 1. The standard InChI is InChI=1S/C16H16Cl2N2O4S/c1-20(2)25(22,23)12-8-6-11(7-9-12)19-15(21)10-24-16-13(17)4-3-5-14(16)18/h3-9H,10H2,1-2H3,(H,19,21). The van der Waals surface area contributed by atoms with Crippen LogP contribution in [0.1, 0.15) is 0 Å². The third-order valence-electron chi connectivity index (χ3n) is 3.18. The van der Waals surface area contributed by atoms with Gasteiger partial charge in [-0.05, 0) is 36.4 Å². The number of nitrogens with one attached hydrogen (secondary N) is 1. The average molecular weight is 403 g/mol. The predicted molar refractivity (Wildman–Crippen MR) is 97.9 cm³/mol.